The van der Waals surface area contributed by atoms with Crippen molar-refractivity contribution in [1.82, 2.24) is 0 Å². The normalized spacial score (nSPS) is 33.2. The van der Waals surface area contributed by atoms with Gasteiger partial charge in [-0.3, -0.25) is 0 Å². The Bertz CT molecular complexity index is 220. The van der Waals surface area contributed by atoms with Gasteiger partial charge in [-0.15, -0.1) is 0 Å². The summed E-state index contributed by atoms with van der Waals surface area (Å²) < 4.78 is 3.43. The second kappa shape index (κ2) is 2.55. The van der Waals surface area contributed by atoms with Gasteiger partial charge in [-0.25, -0.2) is 0 Å². The van der Waals surface area contributed by atoms with Gasteiger partial charge in [-0.05, 0) is 0 Å². The van der Waals surface area contributed by atoms with Gasteiger partial charge in [0.15, 0.2) is 11.2 Å². The van der Waals surface area contributed by atoms with E-state index in [2.05, 4.69) is 66.9 Å². The molecule has 0 aromatic heterocycles. The highest BCUT2D eigenvalue weighted by atomic mass is 16.7. The van der Waals surface area contributed by atoms with Crippen LogP contribution >= 0.6 is 0 Å². The van der Waals surface area contributed by atoms with Crippen molar-refractivity contribution in [2.75, 3.05) is 7.11 Å². The topological polar surface area (TPSA) is 2.70 Å². The molecule has 0 amide bonds. The van der Waals surface area contributed by atoms with Crippen molar-refractivity contribution < 1.29 is 4.37 Å². The molecule has 1 fully saturated rings. The second-order valence-electron chi connectivity index (χ2n) is 6.78. The molecular weight excluding hydrogens is 172 g/mol. The smallest absolute Gasteiger partial charge is 0.166 e. The standard InChI is InChI=1S/C13H27O/c1-10(2)11(3,4)13(7,8)14(9)12(10,5)6/h1-9H3/q+1. The van der Waals surface area contributed by atoms with E-state index in [9.17, 15) is 0 Å². The van der Waals surface area contributed by atoms with E-state index >= 15 is 0 Å². The fraction of sp³-hybridized carbons (Fsp3) is 1.00. The Morgan fingerprint density at radius 3 is 0.857 bits per heavy atom. The summed E-state index contributed by atoms with van der Waals surface area (Å²) in [5.74, 6) is 0. The molecule has 1 heterocycles. The van der Waals surface area contributed by atoms with Crippen LogP contribution in [0.2, 0.25) is 0 Å². The van der Waals surface area contributed by atoms with Crippen LogP contribution in [0, 0.1) is 10.8 Å². The highest BCUT2D eigenvalue weighted by molar-refractivity contribution is 5.13. The van der Waals surface area contributed by atoms with Gasteiger partial charge in [-0.2, -0.15) is 0 Å². The minimum atomic E-state index is 0.167. The molecule has 1 heteroatoms. The summed E-state index contributed by atoms with van der Waals surface area (Å²) in [5.41, 5.74) is 0.895. The third-order valence-electron chi connectivity index (χ3n) is 6.10. The molecule has 0 bridgehead atoms. The Kier molecular flexibility index (Phi) is 2.19. The zero-order chi connectivity index (χ0) is 11.6. The third kappa shape index (κ3) is 0.946. The average molecular weight is 199 g/mol. The first kappa shape index (κ1) is 12.0. The molecule has 0 radical (unpaired) electrons. The van der Waals surface area contributed by atoms with Crippen LogP contribution in [0.4, 0.5) is 0 Å². The lowest BCUT2D eigenvalue weighted by atomic mass is 9.57. The van der Waals surface area contributed by atoms with Crippen LogP contribution in [0.15, 0.2) is 0 Å². The van der Waals surface area contributed by atoms with Crippen molar-refractivity contribution in [3.63, 3.8) is 0 Å². The minimum Gasteiger partial charge on any atom is -0.415 e. The summed E-state index contributed by atoms with van der Waals surface area (Å²) in [6.07, 6.45) is 0. The van der Waals surface area contributed by atoms with Crippen LogP contribution < -0.4 is 0 Å². The van der Waals surface area contributed by atoms with E-state index < -0.39 is 0 Å². The molecular formula is C13H27O+. The number of hydrogen-bond acceptors (Lipinski definition) is 0. The molecule has 0 unspecified atom stereocenters. The molecule has 1 rings (SSSR count). The third-order valence-corrected chi connectivity index (χ3v) is 6.10. The Hall–Kier alpha value is -0.0400. The van der Waals surface area contributed by atoms with Crippen molar-refractivity contribution >= 4 is 0 Å². The second-order valence-corrected chi connectivity index (χ2v) is 6.78. The quantitative estimate of drug-likeness (QED) is 0.522. The SMILES string of the molecule is C[O+]1C(C)(C)C(C)(C)C(C)(C)C1(C)C. The maximum absolute atomic E-state index is 3.43. The van der Waals surface area contributed by atoms with E-state index in [1.807, 2.05) is 0 Å². The number of rotatable bonds is 0. The molecule has 1 aliphatic heterocycles. The van der Waals surface area contributed by atoms with Crippen molar-refractivity contribution in [1.29, 1.82) is 0 Å². The zero-order valence-electron chi connectivity index (χ0n) is 11.4. The van der Waals surface area contributed by atoms with Crippen LogP contribution in [-0.4, -0.2) is 18.3 Å². The minimum absolute atomic E-state index is 0.167. The van der Waals surface area contributed by atoms with Crippen LogP contribution in [0.5, 0.6) is 0 Å². The first-order valence-electron chi connectivity index (χ1n) is 5.57. The Balaban J connectivity index is 3.38. The van der Waals surface area contributed by atoms with Crippen LogP contribution in [-0.2, 0) is 4.37 Å². The number of hydrogen-bond donors (Lipinski definition) is 0. The predicted octanol–water partition coefficient (Wildman–Crippen LogP) is 3.79. The van der Waals surface area contributed by atoms with Crippen LogP contribution in [0.3, 0.4) is 0 Å². The van der Waals surface area contributed by atoms with Gasteiger partial charge in [0.1, 0.15) is 7.11 Å². The molecule has 0 aliphatic carbocycles. The monoisotopic (exact) mass is 199 g/mol. The molecule has 0 aromatic rings. The van der Waals surface area contributed by atoms with Gasteiger partial charge in [0.05, 0.1) is 10.8 Å². The van der Waals surface area contributed by atoms with Gasteiger partial charge < -0.3 is 4.37 Å². The maximum Gasteiger partial charge on any atom is 0.166 e. The molecule has 0 atom stereocenters. The van der Waals surface area contributed by atoms with Gasteiger partial charge >= 0.3 is 0 Å². The molecule has 0 aromatic carbocycles. The zero-order valence-corrected chi connectivity index (χ0v) is 11.4. The van der Waals surface area contributed by atoms with E-state index in [-0.39, 0.29) is 22.0 Å². The van der Waals surface area contributed by atoms with E-state index in [4.69, 9.17) is 0 Å². The summed E-state index contributed by atoms with van der Waals surface area (Å²) in [5, 5.41) is 0. The van der Waals surface area contributed by atoms with E-state index in [1.54, 1.807) is 0 Å². The van der Waals surface area contributed by atoms with Gasteiger partial charge in [0.2, 0.25) is 0 Å². The van der Waals surface area contributed by atoms with Crippen molar-refractivity contribution in [2.45, 2.75) is 66.6 Å². The van der Waals surface area contributed by atoms with E-state index in [1.165, 1.54) is 0 Å². The molecule has 1 aliphatic rings. The molecule has 14 heavy (non-hydrogen) atoms. The summed E-state index contributed by atoms with van der Waals surface area (Å²) >= 11 is 0. The summed E-state index contributed by atoms with van der Waals surface area (Å²) in [6, 6.07) is 0. The first-order chi connectivity index (χ1) is 5.90. The predicted molar refractivity (Wildman–Crippen MR) is 62.7 cm³/mol. The fourth-order valence-electron chi connectivity index (χ4n) is 2.91. The molecule has 0 saturated carbocycles. The van der Waals surface area contributed by atoms with E-state index in [0.717, 1.165) is 0 Å². The lowest BCUT2D eigenvalue weighted by Gasteiger charge is -2.39. The maximum atomic E-state index is 3.43. The van der Waals surface area contributed by atoms with Crippen molar-refractivity contribution in [2.24, 2.45) is 10.8 Å². The lowest BCUT2D eigenvalue weighted by Crippen LogP contribution is -2.45. The molecule has 84 valence electrons. The molecule has 1 saturated heterocycles. The van der Waals surface area contributed by atoms with Gasteiger partial charge in [0.25, 0.3) is 0 Å². The summed E-state index contributed by atoms with van der Waals surface area (Å²) in [6.45, 7) is 18.8. The fourth-order valence-corrected chi connectivity index (χ4v) is 2.91. The molecule has 1 nitrogen and oxygen atoms in total. The van der Waals surface area contributed by atoms with E-state index in [0.29, 0.717) is 0 Å². The molecule has 0 spiro atoms. The average Bonchev–Trinajstić information content (AvgIpc) is 2.05. The molecule has 0 N–H and O–H groups in total. The van der Waals surface area contributed by atoms with Gasteiger partial charge in [0, 0.05) is 27.7 Å². The first-order valence-corrected chi connectivity index (χ1v) is 5.57. The van der Waals surface area contributed by atoms with Crippen LogP contribution in [0.25, 0.3) is 0 Å². The van der Waals surface area contributed by atoms with Crippen LogP contribution in [0.1, 0.15) is 55.4 Å². The highest BCUT2D eigenvalue weighted by Crippen LogP contribution is 2.65. The summed E-state index contributed by atoms with van der Waals surface area (Å²) in [7, 11) is 2.18. The lowest BCUT2D eigenvalue weighted by molar-refractivity contribution is -0.271. The van der Waals surface area contributed by atoms with Gasteiger partial charge in [-0.1, -0.05) is 27.7 Å². The highest BCUT2D eigenvalue weighted by Gasteiger charge is 2.72. The Labute approximate surface area is 89.5 Å². The van der Waals surface area contributed by atoms with Crippen molar-refractivity contribution in [3.8, 4) is 0 Å². The Morgan fingerprint density at radius 2 is 0.786 bits per heavy atom. The van der Waals surface area contributed by atoms with Crippen molar-refractivity contribution in [3.05, 3.63) is 0 Å². The largest absolute Gasteiger partial charge is 0.415 e. The Morgan fingerprint density at radius 1 is 0.571 bits per heavy atom. The summed E-state index contributed by atoms with van der Waals surface area (Å²) in [4.78, 5) is 0.